The Kier molecular flexibility index (Phi) is 13.1. The normalized spacial score (nSPS) is 12.2. The van der Waals surface area contributed by atoms with Crippen molar-refractivity contribution in [2.75, 3.05) is 13.6 Å². The van der Waals surface area contributed by atoms with E-state index in [1.807, 2.05) is 32.9 Å². The molecule has 0 bridgehead atoms. The fourth-order valence-corrected chi connectivity index (χ4v) is 2.47. The number of hydrogen-bond donors (Lipinski definition) is 3. The second-order valence-corrected chi connectivity index (χ2v) is 7.60. The number of rotatable bonds is 8. The van der Waals surface area contributed by atoms with Gasteiger partial charge in [0.1, 0.15) is 5.60 Å². The summed E-state index contributed by atoms with van der Waals surface area (Å²) in [5, 5.41) is 18.3. The number of unbranched alkanes of at least 4 members (excludes halogenated alkanes) is 1. The van der Waals surface area contributed by atoms with Gasteiger partial charge in [-0.2, -0.15) is 5.26 Å². The minimum Gasteiger partial charge on any atom is -0.444 e. The number of alkyl carbamates (subject to hydrolysis) is 1. The van der Waals surface area contributed by atoms with E-state index in [1.165, 1.54) is 0 Å². The molecule has 1 atom stereocenters. The van der Waals surface area contributed by atoms with Crippen LogP contribution in [0.25, 0.3) is 0 Å². The Hall–Kier alpha value is -2.02. The van der Waals surface area contributed by atoms with Crippen molar-refractivity contribution in [3.63, 3.8) is 0 Å². The highest BCUT2D eigenvalue weighted by atomic mass is 127. The smallest absolute Gasteiger partial charge is 0.407 e. The number of aliphatic imine (C=N–C) groups is 1. The SMILES string of the molecule is CCCCC(CNC(=O)OC(C)(C)C)NC(=NC)NCc1ccc(C#N)cc1.I. The summed E-state index contributed by atoms with van der Waals surface area (Å²) in [4.78, 5) is 16.2. The zero-order valence-corrected chi connectivity index (χ0v) is 20.4. The molecule has 0 aliphatic heterocycles. The van der Waals surface area contributed by atoms with Crippen LogP contribution in [0.5, 0.6) is 0 Å². The summed E-state index contributed by atoms with van der Waals surface area (Å²) in [6, 6.07) is 9.57. The maximum Gasteiger partial charge on any atom is 0.407 e. The lowest BCUT2D eigenvalue weighted by Gasteiger charge is -2.24. The van der Waals surface area contributed by atoms with E-state index in [-0.39, 0.29) is 30.0 Å². The van der Waals surface area contributed by atoms with Crippen LogP contribution in [-0.4, -0.2) is 37.3 Å². The van der Waals surface area contributed by atoms with E-state index in [2.05, 4.69) is 33.9 Å². The van der Waals surface area contributed by atoms with Gasteiger partial charge in [0.25, 0.3) is 0 Å². The van der Waals surface area contributed by atoms with Gasteiger partial charge in [0.15, 0.2) is 5.96 Å². The molecule has 1 amide bonds. The Bertz CT molecular complexity index is 678. The summed E-state index contributed by atoms with van der Waals surface area (Å²) < 4.78 is 5.30. The molecule has 1 aromatic carbocycles. The predicted octanol–water partition coefficient (Wildman–Crippen LogP) is 3.92. The largest absolute Gasteiger partial charge is 0.444 e. The molecule has 0 radical (unpaired) electrons. The summed E-state index contributed by atoms with van der Waals surface area (Å²) in [6.45, 7) is 8.70. The molecule has 29 heavy (non-hydrogen) atoms. The van der Waals surface area contributed by atoms with Gasteiger partial charge >= 0.3 is 6.09 Å². The third-order valence-electron chi connectivity index (χ3n) is 3.91. The molecular formula is C21H34IN5O2. The van der Waals surface area contributed by atoms with Crippen molar-refractivity contribution in [3.05, 3.63) is 35.4 Å². The summed E-state index contributed by atoms with van der Waals surface area (Å²) in [5.41, 5.74) is 1.17. The van der Waals surface area contributed by atoms with Crippen LogP contribution in [0.3, 0.4) is 0 Å². The van der Waals surface area contributed by atoms with Gasteiger partial charge in [0, 0.05) is 26.2 Å². The first kappa shape index (κ1) is 27.0. The summed E-state index contributed by atoms with van der Waals surface area (Å²) in [6.07, 6.45) is 2.60. The zero-order valence-electron chi connectivity index (χ0n) is 18.0. The molecule has 0 aliphatic carbocycles. The van der Waals surface area contributed by atoms with Crippen molar-refractivity contribution in [2.45, 2.75) is 65.1 Å². The number of carbonyl (C=O) groups excluding carboxylic acids is 1. The molecule has 1 rings (SSSR count). The second kappa shape index (κ2) is 14.0. The summed E-state index contributed by atoms with van der Waals surface area (Å²) in [5.74, 6) is 0.663. The maximum absolute atomic E-state index is 11.9. The van der Waals surface area contributed by atoms with Crippen LogP contribution < -0.4 is 16.0 Å². The first-order valence-electron chi connectivity index (χ1n) is 9.70. The van der Waals surface area contributed by atoms with Crippen LogP contribution in [0.15, 0.2) is 29.3 Å². The van der Waals surface area contributed by atoms with Crippen molar-refractivity contribution in [3.8, 4) is 6.07 Å². The van der Waals surface area contributed by atoms with Gasteiger partial charge in [-0.05, 0) is 44.9 Å². The molecule has 8 heteroatoms. The lowest BCUT2D eigenvalue weighted by atomic mass is 10.1. The number of hydrogen-bond acceptors (Lipinski definition) is 4. The highest BCUT2D eigenvalue weighted by Crippen LogP contribution is 2.07. The van der Waals surface area contributed by atoms with Gasteiger partial charge in [0.2, 0.25) is 0 Å². The zero-order chi connectivity index (χ0) is 21.0. The average Bonchev–Trinajstić information content (AvgIpc) is 2.65. The van der Waals surface area contributed by atoms with Crippen LogP contribution in [0, 0.1) is 11.3 Å². The maximum atomic E-state index is 11.9. The molecule has 0 saturated carbocycles. The number of nitrogens with one attached hydrogen (secondary N) is 3. The van der Waals surface area contributed by atoms with Gasteiger partial charge in [0.05, 0.1) is 11.6 Å². The Balaban J connectivity index is 0.00000784. The molecule has 1 aromatic rings. The van der Waals surface area contributed by atoms with E-state index >= 15 is 0 Å². The van der Waals surface area contributed by atoms with Crippen LogP contribution in [0.2, 0.25) is 0 Å². The van der Waals surface area contributed by atoms with Crippen molar-refractivity contribution in [2.24, 2.45) is 4.99 Å². The molecule has 1 unspecified atom stereocenters. The second-order valence-electron chi connectivity index (χ2n) is 7.60. The molecule has 162 valence electrons. The number of nitrogens with zero attached hydrogens (tertiary/aromatic N) is 2. The van der Waals surface area contributed by atoms with Gasteiger partial charge in [-0.25, -0.2) is 4.79 Å². The Morgan fingerprint density at radius 1 is 1.24 bits per heavy atom. The fourth-order valence-electron chi connectivity index (χ4n) is 2.47. The molecular weight excluding hydrogens is 481 g/mol. The lowest BCUT2D eigenvalue weighted by Crippen LogP contribution is -2.48. The predicted molar refractivity (Wildman–Crippen MR) is 127 cm³/mol. The van der Waals surface area contributed by atoms with Crippen molar-refractivity contribution >= 4 is 36.0 Å². The highest BCUT2D eigenvalue weighted by Gasteiger charge is 2.18. The van der Waals surface area contributed by atoms with Gasteiger partial charge in [-0.3, -0.25) is 4.99 Å². The van der Waals surface area contributed by atoms with E-state index in [0.717, 1.165) is 24.8 Å². The number of guanidine groups is 1. The molecule has 7 nitrogen and oxygen atoms in total. The van der Waals surface area contributed by atoms with Crippen molar-refractivity contribution in [1.29, 1.82) is 5.26 Å². The third kappa shape index (κ3) is 12.2. The first-order valence-corrected chi connectivity index (χ1v) is 9.70. The Labute approximate surface area is 191 Å². The van der Waals surface area contributed by atoms with Crippen LogP contribution >= 0.6 is 24.0 Å². The van der Waals surface area contributed by atoms with E-state index in [9.17, 15) is 4.79 Å². The number of benzene rings is 1. The molecule has 3 N–H and O–H groups in total. The minimum atomic E-state index is -0.519. The number of ether oxygens (including phenoxy) is 1. The van der Waals surface area contributed by atoms with E-state index in [1.54, 1.807) is 19.2 Å². The van der Waals surface area contributed by atoms with E-state index < -0.39 is 11.7 Å². The first-order chi connectivity index (χ1) is 13.3. The van der Waals surface area contributed by atoms with Crippen LogP contribution in [-0.2, 0) is 11.3 Å². The fraction of sp³-hybridized carbons (Fsp3) is 0.571. The topological polar surface area (TPSA) is 98.5 Å². The van der Waals surface area contributed by atoms with Crippen molar-refractivity contribution < 1.29 is 9.53 Å². The summed E-state index contributed by atoms with van der Waals surface area (Å²) in [7, 11) is 1.71. The molecule has 0 spiro atoms. The number of amides is 1. The molecule has 0 heterocycles. The van der Waals surface area contributed by atoms with Crippen LogP contribution in [0.4, 0.5) is 4.79 Å². The monoisotopic (exact) mass is 515 g/mol. The van der Waals surface area contributed by atoms with E-state index in [0.29, 0.717) is 24.6 Å². The Morgan fingerprint density at radius 2 is 1.90 bits per heavy atom. The number of nitriles is 1. The lowest BCUT2D eigenvalue weighted by molar-refractivity contribution is 0.0523. The standard InChI is InChI=1S/C21H33N5O2.HI/c1-6-7-8-18(15-25-20(27)28-21(2,3)4)26-19(23-5)24-14-17-11-9-16(13-22)10-12-17;/h9-12,18H,6-8,14-15H2,1-5H3,(H,25,27)(H2,23,24,26);1H. The van der Waals surface area contributed by atoms with Gasteiger partial charge in [-0.15, -0.1) is 24.0 Å². The van der Waals surface area contributed by atoms with Crippen molar-refractivity contribution in [1.82, 2.24) is 16.0 Å². The quantitative estimate of drug-likeness (QED) is 0.277. The Morgan fingerprint density at radius 3 is 2.41 bits per heavy atom. The van der Waals surface area contributed by atoms with Gasteiger partial charge in [-0.1, -0.05) is 31.9 Å². The molecule has 0 aromatic heterocycles. The highest BCUT2D eigenvalue weighted by molar-refractivity contribution is 14.0. The average molecular weight is 515 g/mol. The molecule has 0 saturated heterocycles. The summed E-state index contributed by atoms with van der Waals surface area (Å²) >= 11 is 0. The van der Waals surface area contributed by atoms with E-state index in [4.69, 9.17) is 10.00 Å². The van der Waals surface area contributed by atoms with Crippen LogP contribution in [0.1, 0.15) is 58.1 Å². The van der Waals surface area contributed by atoms with Gasteiger partial charge < -0.3 is 20.7 Å². The molecule has 0 aliphatic rings. The third-order valence-corrected chi connectivity index (χ3v) is 3.91. The minimum absolute atomic E-state index is 0. The number of halogens is 1. The number of carbonyl (C=O) groups is 1. The molecule has 0 fully saturated rings.